The zero-order valence-corrected chi connectivity index (χ0v) is 10.4. The number of rotatable bonds is 3. The zero-order valence-electron chi connectivity index (χ0n) is 10.4. The van der Waals surface area contributed by atoms with Gasteiger partial charge in [-0.15, -0.1) is 0 Å². The van der Waals surface area contributed by atoms with E-state index >= 15 is 0 Å². The number of pyridine rings is 1. The fraction of sp³-hybridized carbons (Fsp3) is 0.214. The van der Waals surface area contributed by atoms with Gasteiger partial charge >= 0.3 is 0 Å². The van der Waals surface area contributed by atoms with Gasteiger partial charge in [-0.1, -0.05) is 17.7 Å². The van der Waals surface area contributed by atoms with E-state index in [4.69, 9.17) is 5.84 Å². The van der Waals surface area contributed by atoms with E-state index in [1.807, 2.05) is 26.0 Å². The molecule has 0 aliphatic carbocycles. The molecular formula is C14H16FN3. The van der Waals surface area contributed by atoms with Crippen LogP contribution in [0.2, 0.25) is 0 Å². The Morgan fingerprint density at radius 3 is 2.56 bits per heavy atom. The van der Waals surface area contributed by atoms with E-state index in [0.29, 0.717) is 11.3 Å². The van der Waals surface area contributed by atoms with Crippen molar-refractivity contribution >= 4 is 0 Å². The van der Waals surface area contributed by atoms with Gasteiger partial charge in [-0.3, -0.25) is 10.8 Å². The maximum Gasteiger partial charge on any atom is 0.128 e. The molecule has 1 atom stereocenters. The molecule has 1 aromatic carbocycles. The van der Waals surface area contributed by atoms with Crippen LogP contribution < -0.4 is 11.3 Å². The van der Waals surface area contributed by atoms with Gasteiger partial charge in [0.05, 0.1) is 11.7 Å². The minimum absolute atomic E-state index is 0.285. The van der Waals surface area contributed by atoms with Crippen molar-refractivity contribution in [2.45, 2.75) is 19.9 Å². The Morgan fingerprint density at radius 1 is 1.17 bits per heavy atom. The van der Waals surface area contributed by atoms with Crippen molar-refractivity contribution in [3.8, 4) is 0 Å². The Kier molecular flexibility index (Phi) is 3.69. The van der Waals surface area contributed by atoms with Gasteiger partial charge in [-0.2, -0.15) is 0 Å². The van der Waals surface area contributed by atoms with E-state index in [2.05, 4.69) is 10.4 Å². The second-order valence-corrected chi connectivity index (χ2v) is 4.38. The predicted molar refractivity (Wildman–Crippen MR) is 69.3 cm³/mol. The van der Waals surface area contributed by atoms with E-state index in [0.717, 1.165) is 11.1 Å². The summed E-state index contributed by atoms with van der Waals surface area (Å²) in [7, 11) is 0. The van der Waals surface area contributed by atoms with Crippen LogP contribution in [0.1, 0.15) is 28.4 Å². The average Bonchev–Trinajstić information content (AvgIpc) is 2.35. The SMILES string of the molecule is Cc1ccnc(C(NN)c2cc(C)ccc2F)c1. The summed E-state index contributed by atoms with van der Waals surface area (Å²) < 4.78 is 13.9. The molecule has 4 heteroatoms. The van der Waals surface area contributed by atoms with Gasteiger partial charge in [0.15, 0.2) is 0 Å². The number of aryl methyl sites for hydroxylation is 2. The molecule has 0 radical (unpaired) electrons. The predicted octanol–water partition coefficient (Wildman–Crippen LogP) is 2.39. The van der Waals surface area contributed by atoms with Gasteiger partial charge < -0.3 is 0 Å². The Bertz CT molecular complexity index is 554. The summed E-state index contributed by atoms with van der Waals surface area (Å²) in [6, 6.07) is 8.31. The molecule has 0 bridgehead atoms. The Morgan fingerprint density at radius 2 is 1.89 bits per heavy atom. The summed E-state index contributed by atoms with van der Waals surface area (Å²) in [6.07, 6.45) is 1.70. The van der Waals surface area contributed by atoms with E-state index in [1.54, 1.807) is 18.3 Å². The van der Waals surface area contributed by atoms with E-state index < -0.39 is 6.04 Å². The van der Waals surface area contributed by atoms with Crippen molar-refractivity contribution in [1.29, 1.82) is 0 Å². The molecule has 0 spiro atoms. The molecule has 18 heavy (non-hydrogen) atoms. The molecule has 0 saturated heterocycles. The highest BCUT2D eigenvalue weighted by Gasteiger charge is 2.17. The zero-order chi connectivity index (χ0) is 13.1. The lowest BCUT2D eigenvalue weighted by Crippen LogP contribution is -2.30. The standard InChI is InChI=1S/C14H16FN3/c1-9-3-4-12(15)11(7-9)14(18-16)13-8-10(2)5-6-17-13/h3-8,14,18H,16H2,1-2H3. The van der Waals surface area contributed by atoms with Crippen LogP contribution in [0.4, 0.5) is 4.39 Å². The first kappa shape index (κ1) is 12.7. The maximum atomic E-state index is 13.9. The van der Waals surface area contributed by atoms with E-state index in [1.165, 1.54) is 6.07 Å². The lowest BCUT2D eigenvalue weighted by atomic mass is 10.0. The van der Waals surface area contributed by atoms with Gasteiger partial charge in [-0.05, 0) is 37.6 Å². The molecule has 0 amide bonds. The minimum atomic E-state index is -0.440. The number of nitrogens with one attached hydrogen (secondary N) is 1. The van der Waals surface area contributed by atoms with Gasteiger partial charge in [0, 0.05) is 11.8 Å². The Labute approximate surface area is 106 Å². The van der Waals surface area contributed by atoms with Crippen LogP contribution in [0.15, 0.2) is 36.5 Å². The van der Waals surface area contributed by atoms with E-state index in [9.17, 15) is 4.39 Å². The third-order valence-corrected chi connectivity index (χ3v) is 2.86. The second-order valence-electron chi connectivity index (χ2n) is 4.38. The number of nitrogens with zero attached hydrogens (tertiary/aromatic N) is 1. The van der Waals surface area contributed by atoms with Crippen LogP contribution in [0.25, 0.3) is 0 Å². The molecule has 1 unspecified atom stereocenters. The highest BCUT2D eigenvalue weighted by molar-refractivity contribution is 5.33. The largest absolute Gasteiger partial charge is 0.271 e. The van der Waals surface area contributed by atoms with E-state index in [-0.39, 0.29) is 5.82 Å². The van der Waals surface area contributed by atoms with Crippen molar-refractivity contribution in [3.63, 3.8) is 0 Å². The summed E-state index contributed by atoms with van der Waals surface area (Å²) in [5, 5.41) is 0. The van der Waals surface area contributed by atoms with Crippen LogP contribution in [-0.4, -0.2) is 4.98 Å². The number of benzene rings is 1. The molecule has 3 nitrogen and oxygen atoms in total. The van der Waals surface area contributed by atoms with Crippen LogP contribution in [-0.2, 0) is 0 Å². The van der Waals surface area contributed by atoms with Crippen molar-refractivity contribution < 1.29 is 4.39 Å². The normalized spacial score (nSPS) is 12.4. The maximum absolute atomic E-state index is 13.9. The molecule has 94 valence electrons. The molecule has 1 heterocycles. The van der Waals surface area contributed by atoms with Gasteiger partial charge in [0.2, 0.25) is 0 Å². The lowest BCUT2D eigenvalue weighted by molar-refractivity contribution is 0.552. The summed E-state index contributed by atoms with van der Waals surface area (Å²) in [5.41, 5.74) is 5.90. The highest BCUT2D eigenvalue weighted by atomic mass is 19.1. The monoisotopic (exact) mass is 245 g/mol. The molecular weight excluding hydrogens is 229 g/mol. The Balaban J connectivity index is 2.48. The van der Waals surface area contributed by atoms with Crippen LogP contribution in [0.5, 0.6) is 0 Å². The van der Waals surface area contributed by atoms with Gasteiger partial charge in [0.25, 0.3) is 0 Å². The number of nitrogens with two attached hydrogens (primary N) is 1. The number of hydrogen-bond acceptors (Lipinski definition) is 3. The van der Waals surface area contributed by atoms with Gasteiger partial charge in [-0.25, -0.2) is 9.82 Å². The summed E-state index contributed by atoms with van der Waals surface area (Å²) in [6.45, 7) is 3.88. The van der Waals surface area contributed by atoms with Gasteiger partial charge in [0.1, 0.15) is 5.82 Å². The topological polar surface area (TPSA) is 50.9 Å². The number of aromatic nitrogens is 1. The first-order valence-electron chi connectivity index (χ1n) is 5.76. The third kappa shape index (κ3) is 2.55. The quantitative estimate of drug-likeness (QED) is 0.645. The molecule has 0 aliphatic rings. The lowest BCUT2D eigenvalue weighted by Gasteiger charge is -2.17. The average molecular weight is 245 g/mol. The van der Waals surface area contributed by atoms with Crippen molar-refractivity contribution in [2.24, 2.45) is 5.84 Å². The molecule has 2 aromatic rings. The van der Waals surface area contributed by atoms with Crippen LogP contribution in [0, 0.1) is 19.7 Å². The Hall–Kier alpha value is -1.78. The molecule has 0 aliphatic heterocycles. The first-order valence-corrected chi connectivity index (χ1v) is 5.76. The molecule has 1 aromatic heterocycles. The highest BCUT2D eigenvalue weighted by Crippen LogP contribution is 2.23. The third-order valence-electron chi connectivity index (χ3n) is 2.86. The number of hydrogen-bond donors (Lipinski definition) is 2. The number of halogens is 1. The fourth-order valence-corrected chi connectivity index (χ4v) is 1.94. The molecule has 0 fully saturated rings. The van der Waals surface area contributed by atoms with Crippen LogP contribution in [0.3, 0.4) is 0 Å². The number of hydrazine groups is 1. The summed E-state index contributed by atoms with van der Waals surface area (Å²) in [4.78, 5) is 4.25. The molecule has 2 rings (SSSR count). The summed E-state index contributed by atoms with van der Waals surface area (Å²) >= 11 is 0. The molecule has 3 N–H and O–H groups in total. The molecule has 0 saturated carbocycles. The first-order chi connectivity index (χ1) is 8.61. The smallest absolute Gasteiger partial charge is 0.128 e. The fourth-order valence-electron chi connectivity index (χ4n) is 1.94. The van der Waals surface area contributed by atoms with Crippen LogP contribution >= 0.6 is 0 Å². The van der Waals surface area contributed by atoms with Crippen molar-refractivity contribution in [2.75, 3.05) is 0 Å². The van der Waals surface area contributed by atoms with Crippen molar-refractivity contribution in [3.05, 3.63) is 64.7 Å². The second kappa shape index (κ2) is 5.25. The summed E-state index contributed by atoms with van der Waals surface area (Å²) in [5.74, 6) is 5.26. The van der Waals surface area contributed by atoms with Crippen molar-refractivity contribution in [1.82, 2.24) is 10.4 Å². The minimum Gasteiger partial charge on any atom is -0.271 e.